The van der Waals surface area contributed by atoms with E-state index in [1.165, 1.54) is 5.56 Å². The predicted octanol–water partition coefficient (Wildman–Crippen LogP) is 2.76. The van der Waals surface area contributed by atoms with Gasteiger partial charge in [-0.25, -0.2) is 4.79 Å². The summed E-state index contributed by atoms with van der Waals surface area (Å²) < 4.78 is 5.36. The van der Waals surface area contributed by atoms with E-state index in [0.717, 1.165) is 37.0 Å². The Kier molecular flexibility index (Phi) is 2.80. The summed E-state index contributed by atoms with van der Waals surface area (Å²) in [6, 6.07) is 7.84. The highest BCUT2D eigenvalue weighted by molar-refractivity contribution is 5.93. The van der Waals surface area contributed by atoms with E-state index in [4.69, 9.17) is 9.84 Å². The lowest BCUT2D eigenvalue weighted by Gasteiger charge is -2.22. The molecule has 2 N–H and O–H groups in total. The van der Waals surface area contributed by atoms with E-state index in [2.05, 4.69) is 17.1 Å². The van der Waals surface area contributed by atoms with E-state index in [1.54, 1.807) is 6.07 Å². The molecule has 18 heavy (non-hydrogen) atoms. The fraction of sp³-hybridized carbons (Fsp3) is 0.357. The molecule has 0 aliphatic carbocycles. The highest BCUT2D eigenvalue weighted by atomic mass is 16.5. The highest BCUT2D eigenvalue weighted by Crippen LogP contribution is 2.29. The third-order valence-corrected chi connectivity index (χ3v) is 3.57. The van der Waals surface area contributed by atoms with Gasteiger partial charge < -0.3 is 14.8 Å². The number of carbonyl (C=O) groups is 1. The third-order valence-electron chi connectivity index (χ3n) is 3.57. The van der Waals surface area contributed by atoms with E-state index < -0.39 is 5.97 Å². The van der Waals surface area contributed by atoms with Crippen molar-refractivity contribution in [1.82, 2.24) is 4.98 Å². The Morgan fingerprint density at radius 1 is 1.28 bits per heavy atom. The summed E-state index contributed by atoms with van der Waals surface area (Å²) in [5.74, 6) is -0.384. The maximum atomic E-state index is 10.9. The molecular weight excluding hydrogens is 230 g/mol. The number of benzene rings is 1. The van der Waals surface area contributed by atoms with Crippen molar-refractivity contribution in [2.24, 2.45) is 0 Å². The number of H-pyrrole nitrogens is 1. The number of aromatic carboxylic acids is 1. The number of fused-ring (bicyclic) bond motifs is 1. The van der Waals surface area contributed by atoms with Gasteiger partial charge in [0, 0.05) is 24.1 Å². The molecule has 2 heterocycles. The van der Waals surface area contributed by atoms with Crippen LogP contribution in [0.25, 0.3) is 10.9 Å². The van der Waals surface area contributed by atoms with Crippen molar-refractivity contribution < 1.29 is 14.6 Å². The van der Waals surface area contributed by atoms with Crippen LogP contribution in [0.15, 0.2) is 24.3 Å². The second kappa shape index (κ2) is 4.46. The molecule has 1 aliphatic rings. The van der Waals surface area contributed by atoms with Gasteiger partial charge in [-0.15, -0.1) is 0 Å². The zero-order valence-corrected chi connectivity index (χ0v) is 9.98. The van der Waals surface area contributed by atoms with Crippen LogP contribution in [0, 0.1) is 0 Å². The van der Waals surface area contributed by atoms with Crippen LogP contribution in [0.2, 0.25) is 0 Å². The molecule has 1 saturated heterocycles. The number of nitrogens with one attached hydrogen (secondary N) is 1. The first-order chi connectivity index (χ1) is 8.74. The standard InChI is InChI=1S/C14H15NO3/c16-14(17)13-8-11-7-10(1-2-12(11)15-13)9-3-5-18-6-4-9/h1-2,7-9,15H,3-6H2,(H,16,17). The van der Waals surface area contributed by atoms with E-state index >= 15 is 0 Å². The summed E-state index contributed by atoms with van der Waals surface area (Å²) in [4.78, 5) is 13.8. The van der Waals surface area contributed by atoms with Crippen LogP contribution in [-0.4, -0.2) is 29.3 Å². The van der Waals surface area contributed by atoms with Crippen LogP contribution in [0.1, 0.15) is 34.8 Å². The molecule has 3 rings (SSSR count). The topological polar surface area (TPSA) is 62.3 Å². The van der Waals surface area contributed by atoms with Crippen molar-refractivity contribution >= 4 is 16.9 Å². The number of aromatic nitrogens is 1. The Hall–Kier alpha value is -1.81. The third kappa shape index (κ3) is 1.99. The minimum Gasteiger partial charge on any atom is -0.477 e. The van der Waals surface area contributed by atoms with Gasteiger partial charge in [0.05, 0.1) is 0 Å². The van der Waals surface area contributed by atoms with Crippen LogP contribution < -0.4 is 0 Å². The maximum Gasteiger partial charge on any atom is 0.352 e. The monoisotopic (exact) mass is 245 g/mol. The van der Waals surface area contributed by atoms with Crippen LogP contribution in [0.5, 0.6) is 0 Å². The molecule has 2 aromatic rings. The summed E-state index contributed by atoms with van der Waals surface area (Å²) in [6.07, 6.45) is 2.09. The maximum absolute atomic E-state index is 10.9. The number of carboxylic acids is 1. The van der Waals surface area contributed by atoms with Gasteiger partial charge in [-0.2, -0.15) is 0 Å². The highest BCUT2D eigenvalue weighted by Gasteiger charge is 2.16. The van der Waals surface area contributed by atoms with E-state index in [1.807, 2.05) is 6.07 Å². The first kappa shape index (κ1) is 11.3. The molecule has 0 bridgehead atoms. The summed E-state index contributed by atoms with van der Waals surface area (Å²) in [7, 11) is 0. The molecule has 94 valence electrons. The van der Waals surface area contributed by atoms with Crippen molar-refractivity contribution in [2.45, 2.75) is 18.8 Å². The molecule has 4 nitrogen and oxygen atoms in total. The van der Waals surface area contributed by atoms with E-state index in [-0.39, 0.29) is 5.69 Å². The molecule has 1 aliphatic heterocycles. The van der Waals surface area contributed by atoms with Gasteiger partial charge in [0.1, 0.15) is 5.69 Å². The Bertz CT molecular complexity index is 582. The molecule has 0 amide bonds. The van der Waals surface area contributed by atoms with Crippen LogP contribution >= 0.6 is 0 Å². The van der Waals surface area contributed by atoms with Crippen molar-refractivity contribution in [2.75, 3.05) is 13.2 Å². The lowest BCUT2D eigenvalue weighted by atomic mass is 9.91. The molecule has 1 aromatic carbocycles. The summed E-state index contributed by atoms with van der Waals surface area (Å²) >= 11 is 0. The number of ether oxygens (including phenoxy) is 1. The fourth-order valence-electron chi connectivity index (χ4n) is 2.55. The van der Waals surface area contributed by atoms with Crippen molar-refractivity contribution in [3.63, 3.8) is 0 Å². The van der Waals surface area contributed by atoms with Gasteiger partial charge in [0.15, 0.2) is 0 Å². The quantitative estimate of drug-likeness (QED) is 0.855. The normalized spacial score (nSPS) is 17.1. The Labute approximate surface area is 105 Å². The number of aromatic amines is 1. The number of carboxylic acid groups (broad SMARTS) is 1. The first-order valence-electron chi connectivity index (χ1n) is 6.18. The van der Waals surface area contributed by atoms with Crippen LogP contribution in [0.3, 0.4) is 0 Å². The first-order valence-corrected chi connectivity index (χ1v) is 6.18. The van der Waals surface area contributed by atoms with Gasteiger partial charge in [-0.3, -0.25) is 0 Å². The van der Waals surface area contributed by atoms with Crippen molar-refractivity contribution in [3.05, 3.63) is 35.5 Å². The second-order valence-corrected chi connectivity index (χ2v) is 4.72. The van der Waals surface area contributed by atoms with E-state index in [0.29, 0.717) is 5.92 Å². The van der Waals surface area contributed by atoms with Gasteiger partial charge in [-0.1, -0.05) is 6.07 Å². The average Bonchev–Trinajstić information content (AvgIpc) is 2.82. The van der Waals surface area contributed by atoms with Crippen LogP contribution in [0.4, 0.5) is 0 Å². The van der Waals surface area contributed by atoms with Crippen molar-refractivity contribution in [1.29, 1.82) is 0 Å². The minimum absolute atomic E-state index is 0.245. The van der Waals surface area contributed by atoms with Crippen molar-refractivity contribution in [3.8, 4) is 0 Å². The molecule has 0 unspecified atom stereocenters. The number of hydrogen-bond donors (Lipinski definition) is 2. The minimum atomic E-state index is -0.918. The molecule has 0 atom stereocenters. The summed E-state index contributed by atoms with van der Waals surface area (Å²) in [6.45, 7) is 1.63. The largest absolute Gasteiger partial charge is 0.477 e. The predicted molar refractivity (Wildman–Crippen MR) is 68.1 cm³/mol. The Balaban J connectivity index is 1.96. The lowest BCUT2D eigenvalue weighted by Crippen LogP contribution is -2.13. The van der Waals surface area contributed by atoms with Crippen LogP contribution in [-0.2, 0) is 4.74 Å². The van der Waals surface area contributed by atoms with E-state index in [9.17, 15) is 4.79 Å². The number of rotatable bonds is 2. The Morgan fingerprint density at radius 3 is 2.78 bits per heavy atom. The zero-order chi connectivity index (χ0) is 12.5. The van der Waals surface area contributed by atoms with Gasteiger partial charge >= 0.3 is 5.97 Å². The summed E-state index contributed by atoms with van der Waals surface area (Å²) in [5.41, 5.74) is 2.40. The van der Waals surface area contributed by atoms with Gasteiger partial charge in [0.25, 0.3) is 0 Å². The molecule has 1 fully saturated rings. The van der Waals surface area contributed by atoms with Gasteiger partial charge in [0.2, 0.25) is 0 Å². The molecule has 0 saturated carbocycles. The summed E-state index contributed by atoms with van der Waals surface area (Å²) in [5, 5.41) is 9.92. The van der Waals surface area contributed by atoms with Gasteiger partial charge in [-0.05, 0) is 42.5 Å². The Morgan fingerprint density at radius 2 is 2.06 bits per heavy atom. The molecule has 4 heteroatoms. The molecule has 1 aromatic heterocycles. The average molecular weight is 245 g/mol. The molecule has 0 radical (unpaired) electrons. The zero-order valence-electron chi connectivity index (χ0n) is 9.98. The second-order valence-electron chi connectivity index (χ2n) is 4.72. The number of hydrogen-bond acceptors (Lipinski definition) is 2. The lowest BCUT2D eigenvalue weighted by molar-refractivity contribution is 0.0691. The molecular formula is C14H15NO3. The SMILES string of the molecule is O=C(O)c1cc2cc(C3CCOCC3)ccc2[nH]1. The fourth-order valence-corrected chi connectivity index (χ4v) is 2.55. The molecule has 0 spiro atoms. The smallest absolute Gasteiger partial charge is 0.352 e.